The Kier molecular flexibility index (Phi) is 3.93. The highest BCUT2D eigenvalue weighted by atomic mass is 16.1. The number of ketones is 1. The van der Waals surface area contributed by atoms with E-state index < -0.39 is 0 Å². The summed E-state index contributed by atoms with van der Waals surface area (Å²) >= 11 is 0. The van der Waals surface area contributed by atoms with Crippen molar-refractivity contribution in [3.8, 4) is 0 Å². The molecule has 2 aromatic heterocycles. The van der Waals surface area contributed by atoms with Gasteiger partial charge in [-0.15, -0.1) is 0 Å². The van der Waals surface area contributed by atoms with Gasteiger partial charge < -0.3 is 9.13 Å². The highest BCUT2D eigenvalue weighted by Gasteiger charge is 2.15. The molecule has 0 atom stereocenters. The van der Waals surface area contributed by atoms with Crippen molar-refractivity contribution in [3.63, 3.8) is 0 Å². The van der Waals surface area contributed by atoms with E-state index in [1.54, 1.807) is 25.3 Å². The van der Waals surface area contributed by atoms with Crippen LogP contribution in [0.3, 0.4) is 0 Å². The fraction of sp³-hybridized carbons (Fsp3) is 0.375. The molecule has 2 aromatic rings. The summed E-state index contributed by atoms with van der Waals surface area (Å²) in [4.78, 5) is 24.4. The fourth-order valence-corrected chi connectivity index (χ4v) is 2.59. The molecule has 0 aliphatic rings. The van der Waals surface area contributed by atoms with Gasteiger partial charge in [-0.05, 0) is 39.8 Å². The lowest BCUT2D eigenvalue weighted by molar-refractivity contribution is 0.0970. The van der Waals surface area contributed by atoms with Gasteiger partial charge in [0.1, 0.15) is 0 Å². The number of Topliss-reactive ketones (excluding diaryl/α,β-unsaturated/α-hetero) is 1. The van der Waals surface area contributed by atoms with Crippen LogP contribution in [0.1, 0.15) is 34.2 Å². The van der Waals surface area contributed by atoms with Gasteiger partial charge in [0.25, 0.3) is 5.56 Å². The third-order valence-corrected chi connectivity index (χ3v) is 3.71. The van der Waals surface area contributed by atoms with Gasteiger partial charge in [-0.3, -0.25) is 9.59 Å². The van der Waals surface area contributed by atoms with Crippen LogP contribution in [0.5, 0.6) is 0 Å². The van der Waals surface area contributed by atoms with E-state index in [9.17, 15) is 9.59 Å². The molecule has 0 unspecified atom stereocenters. The van der Waals surface area contributed by atoms with Crippen molar-refractivity contribution in [3.05, 3.63) is 57.3 Å². The Bertz CT molecular complexity index is 708. The lowest BCUT2D eigenvalue weighted by Gasteiger charge is -2.07. The third-order valence-electron chi connectivity index (χ3n) is 3.71. The molecule has 0 bridgehead atoms. The lowest BCUT2D eigenvalue weighted by atomic mass is 10.1. The Labute approximate surface area is 118 Å². The first-order chi connectivity index (χ1) is 9.45. The van der Waals surface area contributed by atoms with Crippen LogP contribution in [-0.4, -0.2) is 14.9 Å². The summed E-state index contributed by atoms with van der Waals surface area (Å²) in [6.07, 6.45) is 1.66. The van der Waals surface area contributed by atoms with E-state index in [1.165, 1.54) is 4.57 Å². The largest absolute Gasteiger partial charge is 0.349 e. The van der Waals surface area contributed by atoms with Crippen molar-refractivity contribution >= 4 is 5.78 Å². The molecule has 0 fully saturated rings. The van der Waals surface area contributed by atoms with E-state index in [1.807, 2.05) is 19.9 Å². The second-order valence-corrected chi connectivity index (χ2v) is 5.08. The average Bonchev–Trinajstić information content (AvgIpc) is 2.70. The topological polar surface area (TPSA) is 44.0 Å². The maximum Gasteiger partial charge on any atom is 0.253 e. The van der Waals surface area contributed by atoms with E-state index in [2.05, 4.69) is 11.5 Å². The van der Waals surface area contributed by atoms with Crippen molar-refractivity contribution in [2.24, 2.45) is 0 Å². The molecule has 106 valence electrons. The number of rotatable bonds is 4. The summed E-state index contributed by atoms with van der Waals surface area (Å²) in [5, 5.41) is 0. The molecule has 0 radical (unpaired) electrons. The number of carbonyl (C=O) groups excluding carboxylic acids is 1. The van der Waals surface area contributed by atoms with Crippen molar-refractivity contribution in [2.45, 2.75) is 40.8 Å². The van der Waals surface area contributed by atoms with Crippen molar-refractivity contribution in [2.75, 3.05) is 0 Å². The fourth-order valence-electron chi connectivity index (χ4n) is 2.59. The van der Waals surface area contributed by atoms with Gasteiger partial charge in [0.2, 0.25) is 0 Å². The number of carbonyl (C=O) groups is 1. The third kappa shape index (κ3) is 2.46. The van der Waals surface area contributed by atoms with E-state index in [0.29, 0.717) is 11.1 Å². The average molecular weight is 272 g/mol. The minimum atomic E-state index is -0.106. The molecule has 4 nitrogen and oxygen atoms in total. The van der Waals surface area contributed by atoms with Gasteiger partial charge in [-0.1, -0.05) is 6.07 Å². The number of nitrogens with zero attached hydrogens (tertiary/aromatic N) is 2. The second kappa shape index (κ2) is 5.49. The molecule has 0 spiro atoms. The molecule has 0 saturated carbocycles. The number of hydrogen-bond acceptors (Lipinski definition) is 2. The standard InChI is InChI=1S/C16H20N2O2/c1-5-18-12(3)9-14(13(18)4)15(19)10-17-8-6-7-11(2)16(17)20/h6-9H,5,10H2,1-4H3. The lowest BCUT2D eigenvalue weighted by Crippen LogP contribution is -2.25. The van der Waals surface area contributed by atoms with E-state index in [0.717, 1.165) is 17.9 Å². The zero-order chi connectivity index (χ0) is 14.9. The van der Waals surface area contributed by atoms with Crippen LogP contribution in [0.15, 0.2) is 29.2 Å². The monoisotopic (exact) mass is 272 g/mol. The van der Waals surface area contributed by atoms with Crippen molar-refractivity contribution < 1.29 is 4.79 Å². The van der Waals surface area contributed by atoms with E-state index in [4.69, 9.17) is 0 Å². The van der Waals surface area contributed by atoms with Crippen LogP contribution < -0.4 is 5.56 Å². The van der Waals surface area contributed by atoms with Crippen LogP contribution in [0.25, 0.3) is 0 Å². The Morgan fingerprint density at radius 2 is 1.95 bits per heavy atom. The van der Waals surface area contributed by atoms with Gasteiger partial charge in [-0.25, -0.2) is 0 Å². The highest BCUT2D eigenvalue weighted by Crippen LogP contribution is 2.16. The van der Waals surface area contributed by atoms with Crippen LogP contribution >= 0.6 is 0 Å². The maximum atomic E-state index is 12.4. The van der Waals surface area contributed by atoms with Gasteiger partial charge in [0.15, 0.2) is 5.78 Å². The zero-order valence-electron chi connectivity index (χ0n) is 12.4. The number of hydrogen-bond donors (Lipinski definition) is 0. The van der Waals surface area contributed by atoms with E-state index >= 15 is 0 Å². The minimum absolute atomic E-state index is 0.0227. The first kappa shape index (κ1) is 14.3. The Morgan fingerprint density at radius 3 is 2.55 bits per heavy atom. The molecule has 4 heteroatoms. The quantitative estimate of drug-likeness (QED) is 0.803. The first-order valence-electron chi connectivity index (χ1n) is 6.81. The predicted octanol–water partition coefficient (Wildman–Crippen LogP) is 2.48. The molecule has 0 N–H and O–H groups in total. The van der Waals surface area contributed by atoms with Gasteiger partial charge in [-0.2, -0.15) is 0 Å². The van der Waals surface area contributed by atoms with E-state index in [-0.39, 0.29) is 17.9 Å². The molecular weight excluding hydrogens is 252 g/mol. The van der Waals surface area contributed by atoms with Gasteiger partial charge >= 0.3 is 0 Å². The molecule has 20 heavy (non-hydrogen) atoms. The first-order valence-corrected chi connectivity index (χ1v) is 6.81. The SMILES string of the molecule is CCn1c(C)cc(C(=O)Cn2cccc(C)c2=O)c1C. The predicted molar refractivity (Wildman–Crippen MR) is 79.3 cm³/mol. The maximum absolute atomic E-state index is 12.4. The van der Waals surface area contributed by atoms with Gasteiger partial charge in [0.05, 0.1) is 6.54 Å². The molecule has 0 aliphatic heterocycles. The number of pyridine rings is 1. The van der Waals surface area contributed by atoms with Crippen molar-refractivity contribution in [1.29, 1.82) is 0 Å². The summed E-state index contributed by atoms with van der Waals surface area (Å²) in [5.74, 6) is -0.0227. The number of aryl methyl sites for hydroxylation is 2. The van der Waals surface area contributed by atoms with Crippen LogP contribution in [0.4, 0.5) is 0 Å². The number of aromatic nitrogens is 2. The van der Waals surface area contributed by atoms with Crippen LogP contribution in [0.2, 0.25) is 0 Å². The summed E-state index contributed by atoms with van der Waals surface area (Å²) < 4.78 is 3.57. The molecule has 0 saturated heterocycles. The normalized spacial score (nSPS) is 10.8. The Hall–Kier alpha value is -2.10. The molecule has 2 rings (SSSR count). The second-order valence-electron chi connectivity index (χ2n) is 5.08. The molecule has 2 heterocycles. The van der Waals surface area contributed by atoms with Gasteiger partial charge in [0, 0.05) is 35.3 Å². The Balaban J connectivity index is 2.34. The molecular formula is C16H20N2O2. The van der Waals surface area contributed by atoms with Crippen molar-refractivity contribution in [1.82, 2.24) is 9.13 Å². The molecule has 0 aliphatic carbocycles. The summed E-state index contributed by atoms with van der Waals surface area (Å²) in [6.45, 7) is 8.68. The minimum Gasteiger partial charge on any atom is -0.349 e. The Morgan fingerprint density at radius 1 is 1.25 bits per heavy atom. The van der Waals surface area contributed by atoms with Crippen LogP contribution in [0, 0.1) is 20.8 Å². The smallest absolute Gasteiger partial charge is 0.253 e. The summed E-state index contributed by atoms with van der Waals surface area (Å²) in [5.41, 5.74) is 3.29. The van der Waals surface area contributed by atoms with Crippen LogP contribution in [-0.2, 0) is 13.1 Å². The summed E-state index contributed by atoms with van der Waals surface area (Å²) in [6, 6.07) is 5.45. The highest BCUT2D eigenvalue weighted by molar-refractivity contribution is 5.97. The summed E-state index contributed by atoms with van der Waals surface area (Å²) in [7, 11) is 0. The zero-order valence-corrected chi connectivity index (χ0v) is 12.4. The molecule has 0 aromatic carbocycles. The molecule has 0 amide bonds.